The molecule has 116 valence electrons. The molecule has 0 aromatic heterocycles. The zero-order valence-electron chi connectivity index (χ0n) is 15.2. The summed E-state index contributed by atoms with van der Waals surface area (Å²) in [6, 6.07) is 0. The summed E-state index contributed by atoms with van der Waals surface area (Å²) in [6.07, 6.45) is 4.09. The topological polar surface area (TPSA) is 0 Å². The van der Waals surface area contributed by atoms with Crippen LogP contribution in [0, 0.1) is 41.4 Å². The Hall–Kier alpha value is 0. The van der Waals surface area contributed by atoms with Crippen molar-refractivity contribution in [3.63, 3.8) is 0 Å². The summed E-state index contributed by atoms with van der Waals surface area (Å²) in [6.45, 7) is 21.8. The summed E-state index contributed by atoms with van der Waals surface area (Å²) >= 11 is 0. The lowest BCUT2D eigenvalue weighted by atomic mass is 9.68. The van der Waals surface area contributed by atoms with Gasteiger partial charge in [-0.25, -0.2) is 0 Å². The molecule has 0 saturated heterocycles. The van der Waals surface area contributed by atoms with E-state index in [0.717, 1.165) is 41.4 Å². The normalized spacial score (nSPS) is 20.4. The first kappa shape index (κ1) is 19.0. The molecule has 0 spiro atoms. The second kappa shape index (κ2) is 9.03. The highest BCUT2D eigenvalue weighted by atomic mass is 14.4. The van der Waals surface area contributed by atoms with Gasteiger partial charge in [-0.2, -0.15) is 0 Å². The zero-order valence-corrected chi connectivity index (χ0v) is 15.2. The summed E-state index contributed by atoms with van der Waals surface area (Å²) in [5, 5.41) is 0. The Morgan fingerprint density at radius 3 is 1.47 bits per heavy atom. The third-order valence-electron chi connectivity index (χ3n) is 5.99. The minimum atomic E-state index is 0.807. The van der Waals surface area contributed by atoms with Crippen LogP contribution in [0.4, 0.5) is 0 Å². The first-order valence-electron chi connectivity index (χ1n) is 8.76. The Kier molecular flexibility index (Phi) is 9.03. The highest BCUT2D eigenvalue weighted by molar-refractivity contribution is 4.80. The fraction of sp³-hybridized carbons (Fsp3) is 1.00. The molecule has 0 rings (SSSR count). The van der Waals surface area contributed by atoms with Gasteiger partial charge in [-0.1, -0.05) is 75.2 Å². The quantitative estimate of drug-likeness (QED) is 0.439. The lowest BCUT2D eigenvalue weighted by Gasteiger charge is -2.38. The van der Waals surface area contributed by atoms with Gasteiger partial charge in [0.15, 0.2) is 0 Å². The molecule has 0 N–H and O–H groups in total. The summed E-state index contributed by atoms with van der Waals surface area (Å²) in [5.41, 5.74) is 0. The van der Waals surface area contributed by atoms with Crippen LogP contribution in [0.2, 0.25) is 0 Å². The molecule has 0 bridgehead atoms. The van der Waals surface area contributed by atoms with Crippen LogP contribution >= 0.6 is 0 Å². The molecular formula is C19H40. The fourth-order valence-corrected chi connectivity index (χ4v) is 3.46. The molecule has 0 fully saturated rings. The van der Waals surface area contributed by atoms with E-state index in [0.29, 0.717) is 0 Å². The average Bonchev–Trinajstić information content (AvgIpc) is 2.37. The molecule has 0 aliphatic carbocycles. The molecule has 0 amide bonds. The van der Waals surface area contributed by atoms with Gasteiger partial charge in [-0.05, 0) is 47.8 Å². The van der Waals surface area contributed by atoms with E-state index in [1.54, 1.807) is 0 Å². The first-order valence-corrected chi connectivity index (χ1v) is 8.76. The third kappa shape index (κ3) is 5.88. The molecule has 0 saturated carbocycles. The van der Waals surface area contributed by atoms with Crippen LogP contribution in [0.15, 0.2) is 0 Å². The molecule has 0 aliphatic rings. The molecule has 0 aliphatic heterocycles. The van der Waals surface area contributed by atoms with E-state index in [2.05, 4.69) is 62.3 Å². The minimum Gasteiger partial charge on any atom is -0.0651 e. The van der Waals surface area contributed by atoms with Crippen LogP contribution in [0.1, 0.15) is 81.6 Å². The van der Waals surface area contributed by atoms with E-state index in [1.165, 1.54) is 19.3 Å². The first-order chi connectivity index (χ1) is 8.76. The molecule has 0 nitrogen and oxygen atoms in total. The molecule has 19 heavy (non-hydrogen) atoms. The predicted molar refractivity (Wildman–Crippen MR) is 89.3 cm³/mol. The van der Waals surface area contributed by atoms with E-state index < -0.39 is 0 Å². The zero-order chi connectivity index (χ0) is 15.2. The van der Waals surface area contributed by atoms with Crippen molar-refractivity contribution >= 4 is 0 Å². The van der Waals surface area contributed by atoms with Crippen LogP contribution in [0.25, 0.3) is 0 Å². The Bertz CT molecular complexity index is 216. The average molecular weight is 269 g/mol. The second-order valence-electron chi connectivity index (χ2n) is 7.66. The number of hydrogen-bond donors (Lipinski definition) is 0. The van der Waals surface area contributed by atoms with Gasteiger partial charge < -0.3 is 0 Å². The van der Waals surface area contributed by atoms with Gasteiger partial charge in [-0.3, -0.25) is 0 Å². The van der Waals surface area contributed by atoms with Gasteiger partial charge in [0.05, 0.1) is 0 Å². The van der Waals surface area contributed by atoms with Crippen molar-refractivity contribution in [3.8, 4) is 0 Å². The van der Waals surface area contributed by atoms with Crippen molar-refractivity contribution in [1.82, 2.24) is 0 Å². The van der Waals surface area contributed by atoms with Gasteiger partial charge in [0, 0.05) is 0 Å². The van der Waals surface area contributed by atoms with Crippen LogP contribution in [0.5, 0.6) is 0 Å². The number of hydrogen-bond acceptors (Lipinski definition) is 0. The predicted octanol–water partition coefficient (Wildman–Crippen LogP) is 6.65. The largest absolute Gasteiger partial charge is 0.0651 e. The van der Waals surface area contributed by atoms with Crippen molar-refractivity contribution in [3.05, 3.63) is 0 Å². The smallest absolute Gasteiger partial charge is 0.0355 e. The van der Waals surface area contributed by atoms with Crippen LogP contribution in [0.3, 0.4) is 0 Å². The minimum absolute atomic E-state index is 0.807. The van der Waals surface area contributed by atoms with Crippen molar-refractivity contribution in [2.45, 2.75) is 81.6 Å². The summed E-state index contributed by atoms with van der Waals surface area (Å²) in [5.74, 6) is 5.99. The summed E-state index contributed by atoms with van der Waals surface area (Å²) in [4.78, 5) is 0. The highest BCUT2D eigenvalue weighted by Crippen LogP contribution is 2.39. The second-order valence-corrected chi connectivity index (χ2v) is 7.66. The Morgan fingerprint density at radius 1 is 0.632 bits per heavy atom. The SMILES string of the molecule is CCC(C)C(C)C(CC(CC)C(C)C)C(C)C(C)C. The van der Waals surface area contributed by atoms with Crippen molar-refractivity contribution < 1.29 is 0 Å². The van der Waals surface area contributed by atoms with E-state index in [4.69, 9.17) is 0 Å². The van der Waals surface area contributed by atoms with E-state index in [9.17, 15) is 0 Å². The van der Waals surface area contributed by atoms with Crippen molar-refractivity contribution in [1.29, 1.82) is 0 Å². The van der Waals surface area contributed by atoms with E-state index in [1.807, 2.05) is 0 Å². The molecule has 0 aromatic rings. The Morgan fingerprint density at radius 2 is 1.16 bits per heavy atom. The van der Waals surface area contributed by atoms with Crippen molar-refractivity contribution in [2.75, 3.05) is 0 Å². The Labute approximate surface area is 123 Å². The molecule has 0 heteroatoms. The van der Waals surface area contributed by atoms with Gasteiger partial charge in [-0.15, -0.1) is 0 Å². The lowest BCUT2D eigenvalue weighted by molar-refractivity contribution is 0.114. The summed E-state index contributed by atoms with van der Waals surface area (Å²) < 4.78 is 0. The Balaban J connectivity index is 4.95. The van der Waals surface area contributed by atoms with Crippen LogP contribution in [-0.4, -0.2) is 0 Å². The van der Waals surface area contributed by atoms with Gasteiger partial charge in [0.2, 0.25) is 0 Å². The standard InChI is InChI=1S/C19H40/c1-10-15(7)17(9)19(16(8)13(3)4)12-18(11-2)14(5)6/h13-19H,10-12H2,1-9H3. The van der Waals surface area contributed by atoms with E-state index >= 15 is 0 Å². The van der Waals surface area contributed by atoms with Crippen LogP contribution < -0.4 is 0 Å². The molecule has 5 unspecified atom stereocenters. The molecule has 0 heterocycles. The maximum atomic E-state index is 2.50. The summed E-state index contributed by atoms with van der Waals surface area (Å²) in [7, 11) is 0. The maximum absolute atomic E-state index is 2.50. The third-order valence-corrected chi connectivity index (χ3v) is 5.99. The highest BCUT2D eigenvalue weighted by Gasteiger charge is 2.31. The lowest BCUT2D eigenvalue weighted by Crippen LogP contribution is -2.30. The monoisotopic (exact) mass is 268 g/mol. The number of rotatable bonds is 9. The van der Waals surface area contributed by atoms with Gasteiger partial charge >= 0.3 is 0 Å². The van der Waals surface area contributed by atoms with Crippen LogP contribution in [-0.2, 0) is 0 Å². The van der Waals surface area contributed by atoms with E-state index in [-0.39, 0.29) is 0 Å². The molecular weight excluding hydrogens is 228 g/mol. The maximum Gasteiger partial charge on any atom is -0.0355 e. The molecule has 0 aromatic carbocycles. The fourth-order valence-electron chi connectivity index (χ4n) is 3.46. The van der Waals surface area contributed by atoms with Gasteiger partial charge in [0.25, 0.3) is 0 Å². The molecule has 0 radical (unpaired) electrons. The molecule has 5 atom stereocenters. The van der Waals surface area contributed by atoms with Gasteiger partial charge in [0.1, 0.15) is 0 Å². The van der Waals surface area contributed by atoms with Crippen molar-refractivity contribution in [2.24, 2.45) is 41.4 Å².